The summed E-state index contributed by atoms with van der Waals surface area (Å²) in [4.78, 5) is 0. The summed E-state index contributed by atoms with van der Waals surface area (Å²) < 4.78 is 11.5. The molecule has 108 valence electrons. The molecule has 3 rings (SSSR count). The fraction of sp³-hybridized carbons (Fsp3) is 0.562. The summed E-state index contributed by atoms with van der Waals surface area (Å²) in [5.41, 5.74) is 3.04. The Morgan fingerprint density at radius 3 is 3.00 bits per heavy atom. The van der Waals surface area contributed by atoms with Gasteiger partial charge in [0.25, 0.3) is 0 Å². The number of ether oxygens (including phenoxy) is 2. The lowest BCUT2D eigenvalue weighted by Crippen LogP contribution is -2.25. The van der Waals surface area contributed by atoms with E-state index in [0.29, 0.717) is 6.61 Å². The summed E-state index contributed by atoms with van der Waals surface area (Å²) >= 11 is 0. The van der Waals surface area contributed by atoms with Crippen molar-refractivity contribution in [3.8, 4) is 5.75 Å². The monoisotopic (exact) mass is 275 g/mol. The zero-order valence-electron chi connectivity index (χ0n) is 11.7. The fourth-order valence-corrected chi connectivity index (χ4v) is 2.94. The third-order valence-corrected chi connectivity index (χ3v) is 4.08. The average Bonchev–Trinajstić information content (AvgIpc) is 2.53. The molecule has 2 aliphatic rings. The predicted octanol–water partition coefficient (Wildman–Crippen LogP) is 3.15. The maximum atomic E-state index is 9.09. The maximum absolute atomic E-state index is 9.09. The van der Waals surface area contributed by atoms with E-state index in [0.717, 1.165) is 55.7 Å². The number of nitrogens with zero attached hydrogens (tertiary/aromatic N) is 1. The predicted molar refractivity (Wildman–Crippen MR) is 76.8 cm³/mol. The largest absolute Gasteiger partial charge is 0.491 e. The molecule has 1 fully saturated rings. The highest BCUT2D eigenvalue weighted by Crippen LogP contribution is 2.26. The van der Waals surface area contributed by atoms with Crippen LogP contribution < -0.4 is 4.74 Å². The molecule has 1 saturated heterocycles. The van der Waals surface area contributed by atoms with Crippen LogP contribution in [0.1, 0.15) is 43.2 Å². The summed E-state index contributed by atoms with van der Waals surface area (Å²) in [7, 11) is 0. The summed E-state index contributed by atoms with van der Waals surface area (Å²) in [6.45, 7) is 1.45. The van der Waals surface area contributed by atoms with Crippen molar-refractivity contribution in [2.45, 2.75) is 44.6 Å². The van der Waals surface area contributed by atoms with E-state index >= 15 is 0 Å². The van der Waals surface area contributed by atoms with Crippen molar-refractivity contribution in [2.24, 2.45) is 5.16 Å². The minimum absolute atomic E-state index is 0.214. The molecule has 1 N–H and O–H groups in total. The maximum Gasteiger partial charge on any atom is 0.120 e. The van der Waals surface area contributed by atoms with Crippen LogP contribution in [0.2, 0.25) is 0 Å². The van der Waals surface area contributed by atoms with Crippen LogP contribution >= 0.6 is 0 Å². The van der Waals surface area contributed by atoms with Crippen molar-refractivity contribution in [1.82, 2.24) is 0 Å². The van der Waals surface area contributed by atoms with E-state index in [1.54, 1.807) is 0 Å². The molecule has 0 radical (unpaired) electrons. The van der Waals surface area contributed by atoms with E-state index < -0.39 is 0 Å². The average molecular weight is 275 g/mol. The van der Waals surface area contributed by atoms with Crippen LogP contribution in [0.25, 0.3) is 0 Å². The smallest absolute Gasteiger partial charge is 0.120 e. The number of hydrogen-bond donors (Lipinski definition) is 1. The Morgan fingerprint density at radius 2 is 2.20 bits per heavy atom. The molecule has 0 spiro atoms. The van der Waals surface area contributed by atoms with Crippen molar-refractivity contribution < 1.29 is 14.7 Å². The van der Waals surface area contributed by atoms with Gasteiger partial charge < -0.3 is 14.7 Å². The Balaban J connectivity index is 1.68. The molecule has 0 amide bonds. The van der Waals surface area contributed by atoms with Crippen LogP contribution in [0.4, 0.5) is 0 Å². The highest BCUT2D eigenvalue weighted by atomic mass is 16.5. The summed E-state index contributed by atoms with van der Waals surface area (Å²) in [5.74, 6) is 0.834. The molecule has 1 unspecified atom stereocenters. The molecule has 1 aliphatic carbocycles. The molecule has 0 bridgehead atoms. The third kappa shape index (κ3) is 2.96. The number of hydrogen-bond acceptors (Lipinski definition) is 4. The van der Waals surface area contributed by atoms with Crippen LogP contribution in [0.15, 0.2) is 23.4 Å². The lowest BCUT2D eigenvalue weighted by molar-refractivity contribution is -0.0110. The van der Waals surface area contributed by atoms with Gasteiger partial charge in [0.15, 0.2) is 0 Å². The summed E-state index contributed by atoms with van der Waals surface area (Å²) in [5, 5.41) is 12.5. The van der Waals surface area contributed by atoms with Crippen LogP contribution in [0, 0.1) is 0 Å². The van der Waals surface area contributed by atoms with Gasteiger partial charge in [0, 0.05) is 12.2 Å². The van der Waals surface area contributed by atoms with Gasteiger partial charge in [-0.2, -0.15) is 0 Å². The van der Waals surface area contributed by atoms with Gasteiger partial charge in [0.1, 0.15) is 12.4 Å². The molecule has 1 aliphatic heterocycles. The molecule has 0 saturated carbocycles. The van der Waals surface area contributed by atoms with E-state index in [-0.39, 0.29) is 6.10 Å². The highest BCUT2D eigenvalue weighted by molar-refractivity contribution is 6.02. The highest BCUT2D eigenvalue weighted by Gasteiger charge is 2.18. The second kappa shape index (κ2) is 6.27. The Kier molecular flexibility index (Phi) is 4.21. The van der Waals surface area contributed by atoms with E-state index in [9.17, 15) is 0 Å². The Hall–Kier alpha value is -1.55. The van der Waals surface area contributed by atoms with Crippen molar-refractivity contribution in [1.29, 1.82) is 0 Å². The minimum Gasteiger partial charge on any atom is -0.491 e. The lowest BCUT2D eigenvalue weighted by Gasteiger charge is -2.23. The van der Waals surface area contributed by atoms with Gasteiger partial charge in [-0.05, 0) is 56.2 Å². The fourth-order valence-electron chi connectivity index (χ4n) is 2.94. The Bertz CT molecular complexity index is 492. The molecule has 1 aromatic rings. The molecule has 4 nitrogen and oxygen atoms in total. The first-order valence-electron chi connectivity index (χ1n) is 7.45. The van der Waals surface area contributed by atoms with Crippen molar-refractivity contribution >= 4 is 5.71 Å². The van der Waals surface area contributed by atoms with Gasteiger partial charge >= 0.3 is 0 Å². The molecule has 20 heavy (non-hydrogen) atoms. The van der Waals surface area contributed by atoms with E-state index in [1.165, 1.54) is 12.0 Å². The third-order valence-electron chi connectivity index (χ3n) is 4.08. The number of oxime groups is 1. The first-order chi connectivity index (χ1) is 9.86. The topological polar surface area (TPSA) is 51.1 Å². The zero-order valence-corrected chi connectivity index (χ0v) is 11.7. The molecular weight excluding hydrogens is 254 g/mol. The van der Waals surface area contributed by atoms with E-state index in [1.807, 2.05) is 12.1 Å². The molecule has 1 aromatic carbocycles. The van der Waals surface area contributed by atoms with Gasteiger partial charge in [0.2, 0.25) is 0 Å². The van der Waals surface area contributed by atoms with Crippen LogP contribution in [0.3, 0.4) is 0 Å². The molecule has 4 heteroatoms. The first kappa shape index (κ1) is 13.4. The van der Waals surface area contributed by atoms with Crippen LogP contribution in [0.5, 0.6) is 5.75 Å². The van der Waals surface area contributed by atoms with Gasteiger partial charge in [-0.1, -0.05) is 11.2 Å². The van der Waals surface area contributed by atoms with Crippen molar-refractivity contribution in [3.63, 3.8) is 0 Å². The number of rotatable bonds is 3. The SMILES string of the molecule is O/N=C1/CCCc2ccc(OCC3CCCCO3)cc21. The van der Waals surface area contributed by atoms with E-state index in [4.69, 9.17) is 14.7 Å². The van der Waals surface area contributed by atoms with Crippen molar-refractivity contribution in [3.05, 3.63) is 29.3 Å². The van der Waals surface area contributed by atoms with Gasteiger partial charge in [-0.15, -0.1) is 0 Å². The van der Waals surface area contributed by atoms with Gasteiger partial charge in [0.05, 0.1) is 11.8 Å². The van der Waals surface area contributed by atoms with Crippen molar-refractivity contribution in [2.75, 3.05) is 13.2 Å². The van der Waals surface area contributed by atoms with Crippen LogP contribution in [-0.2, 0) is 11.2 Å². The zero-order chi connectivity index (χ0) is 13.8. The van der Waals surface area contributed by atoms with Gasteiger partial charge in [-0.25, -0.2) is 0 Å². The second-order valence-corrected chi connectivity index (χ2v) is 5.52. The second-order valence-electron chi connectivity index (χ2n) is 5.52. The molecule has 1 heterocycles. The molecule has 1 atom stereocenters. The Labute approximate surface area is 119 Å². The minimum atomic E-state index is 0.214. The molecular formula is C16H21NO3. The Morgan fingerprint density at radius 1 is 1.25 bits per heavy atom. The number of fused-ring (bicyclic) bond motifs is 1. The summed E-state index contributed by atoms with van der Waals surface area (Å²) in [6.07, 6.45) is 6.59. The normalized spacial score (nSPS) is 24.4. The number of benzene rings is 1. The van der Waals surface area contributed by atoms with E-state index in [2.05, 4.69) is 11.2 Å². The van der Waals surface area contributed by atoms with Crippen LogP contribution in [-0.4, -0.2) is 30.2 Å². The van der Waals surface area contributed by atoms with Gasteiger partial charge in [-0.3, -0.25) is 0 Å². The standard InChI is InChI=1S/C16H21NO3/c18-17-16-6-3-4-12-7-8-13(10-15(12)16)20-11-14-5-1-2-9-19-14/h7-8,10,14,18H,1-6,9,11H2/b17-16-. The molecule has 0 aromatic heterocycles. The summed E-state index contributed by atoms with van der Waals surface area (Å²) in [6, 6.07) is 6.07. The number of aryl methyl sites for hydroxylation is 1. The lowest BCUT2D eigenvalue weighted by atomic mass is 9.90. The first-order valence-corrected chi connectivity index (χ1v) is 7.45. The quantitative estimate of drug-likeness (QED) is 0.681.